The number of ether oxygens (including phenoxy) is 1. The summed E-state index contributed by atoms with van der Waals surface area (Å²) in [6, 6.07) is 11.0. The second-order valence-electron chi connectivity index (χ2n) is 4.73. The normalized spacial score (nSPS) is 10.2. The van der Waals surface area contributed by atoms with Crippen molar-refractivity contribution in [3.63, 3.8) is 0 Å². The molecule has 1 amide bonds. The fourth-order valence-corrected chi connectivity index (χ4v) is 2.78. The number of nitrogens with one attached hydrogen (secondary N) is 2. The number of hydrogen-bond acceptors (Lipinski definition) is 3. The lowest BCUT2D eigenvalue weighted by Crippen LogP contribution is -2.21. The predicted molar refractivity (Wildman–Crippen MR) is 94.0 cm³/mol. The predicted octanol–water partition coefficient (Wildman–Crippen LogP) is 4.47. The minimum Gasteiger partial charge on any atom is -0.495 e. The molecule has 0 aliphatic carbocycles. The number of anilines is 2. The summed E-state index contributed by atoms with van der Waals surface area (Å²) in [4.78, 5) is 12.0. The van der Waals surface area contributed by atoms with Crippen LogP contribution >= 0.6 is 27.5 Å². The molecule has 6 heteroatoms. The van der Waals surface area contributed by atoms with Gasteiger partial charge in [-0.25, -0.2) is 0 Å². The van der Waals surface area contributed by atoms with Crippen LogP contribution in [0.2, 0.25) is 5.02 Å². The summed E-state index contributed by atoms with van der Waals surface area (Å²) in [5.41, 5.74) is 2.64. The molecule has 116 valence electrons. The summed E-state index contributed by atoms with van der Waals surface area (Å²) in [6.45, 7) is 2.17. The van der Waals surface area contributed by atoms with E-state index in [2.05, 4.69) is 26.6 Å². The zero-order valence-electron chi connectivity index (χ0n) is 12.2. The Morgan fingerprint density at radius 3 is 2.68 bits per heavy atom. The van der Waals surface area contributed by atoms with Crippen LogP contribution in [0, 0.1) is 6.92 Å². The molecule has 0 atom stereocenters. The summed E-state index contributed by atoms with van der Waals surface area (Å²) in [6.07, 6.45) is 0. The molecular formula is C16H16BrClN2O2. The molecule has 0 heterocycles. The lowest BCUT2D eigenvalue weighted by atomic mass is 10.2. The van der Waals surface area contributed by atoms with E-state index in [0.717, 1.165) is 15.7 Å². The fraction of sp³-hybridized carbons (Fsp3) is 0.188. The van der Waals surface area contributed by atoms with E-state index in [4.69, 9.17) is 16.3 Å². The van der Waals surface area contributed by atoms with Gasteiger partial charge in [-0.2, -0.15) is 0 Å². The molecule has 2 aromatic rings. The maximum absolute atomic E-state index is 12.0. The monoisotopic (exact) mass is 382 g/mol. The average Bonchev–Trinajstić information content (AvgIpc) is 2.46. The van der Waals surface area contributed by atoms with E-state index in [1.165, 1.54) is 0 Å². The molecule has 2 N–H and O–H groups in total. The molecule has 4 nitrogen and oxygen atoms in total. The van der Waals surface area contributed by atoms with Crippen LogP contribution in [-0.2, 0) is 4.79 Å². The summed E-state index contributed by atoms with van der Waals surface area (Å²) < 4.78 is 5.99. The number of carbonyl (C=O) groups excluding carboxylic acids is 1. The van der Waals surface area contributed by atoms with Crippen molar-refractivity contribution in [2.75, 3.05) is 24.3 Å². The number of amides is 1. The fourth-order valence-electron chi connectivity index (χ4n) is 1.89. The Hall–Kier alpha value is -1.72. The van der Waals surface area contributed by atoms with Gasteiger partial charge in [0.1, 0.15) is 5.75 Å². The van der Waals surface area contributed by atoms with Gasteiger partial charge in [0, 0.05) is 15.8 Å². The lowest BCUT2D eigenvalue weighted by Gasteiger charge is -2.11. The Morgan fingerprint density at radius 1 is 1.27 bits per heavy atom. The molecule has 0 spiro atoms. The van der Waals surface area contributed by atoms with E-state index in [1.54, 1.807) is 25.3 Å². The van der Waals surface area contributed by atoms with Gasteiger partial charge in [-0.3, -0.25) is 4.79 Å². The quantitative estimate of drug-likeness (QED) is 0.801. The van der Waals surface area contributed by atoms with Gasteiger partial charge < -0.3 is 15.4 Å². The van der Waals surface area contributed by atoms with Gasteiger partial charge in [0.15, 0.2) is 0 Å². The smallest absolute Gasteiger partial charge is 0.243 e. The Kier molecular flexibility index (Phi) is 5.69. The first-order valence-corrected chi connectivity index (χ1v) is 7.80. The first kappa shape index (κ1) is 16.6. The van der Waals surface area contributed by atoms with Crippen LogP contribution < -0.4 is 15.4 Å². The maximum Gasteiger partial charge on any atom is 0.243 e. The molecule has 22 heavy (non-hydrogen) atoms. The first-order valence-electron chi connectivity index (χ1n) is 6.63. The van der Waals surface area contributed by atoms with Crippen molar-refractivity contribution in [1.82, 2.24) is 0 Å². The van der Waals surface area contributed by atoms with Crippen LogP contribution in [-0.4, -0.2) is 19.6 Å². The Labute approximate surface area is 142 Å². The third-order valence-corrected chi connectivity index (χ3v) is 3.95. The van der Waals surface area contributed by atoms with Gasteiger partial charge >= 0.3 is 0 Å². The van der Waals surface area contributed by atoms with E-state index in [1.807, 2.05) is 25.1 Å². The Bertz CT molecular complexity index is 692. The van der Waals surface area contributed by atoms with Gasteiger partial charge in [0.25, 0.3) is 0 Å². The van der Waals surface area contributed by atoms with Crippen LogP contribution in [0.25, 0.3) is 0 Å². The van der Waals surface area contributed by atoms with Crippen LogP contribution in [0.3, 0.4) is 0 Å². The molecule has 0 unspecified atom stereocenters. The summed E-state index contributed by atoms with van der Waals surface area (Å²) >= 11 is 9.49. The third kappa shape index (κ3) is 4.39. The standard InChI is InChI=1S/C16H16BrClN2O2/c1-10-3-5-14(12(17)7-10)19-9-16(21)20-11-4-6-15(22-2)13(18)8-11/h3-8,19H,9H2,1-2H3,(H,20,21). The van der Waals surface area contributed by atoms with Gasteiger partial charge in [0.05, 0.1) is 18.7 Å². The summed E-state index contributed by atoms with van der Waals surface area (Å²) in [5.74, 6) is 0.412. The van der Waals surface area contributed by atoms with E-state index in [0.29, 0.717) is 16.5 Å². The highest BCUT2D eigenvalue weighted by Crippen LogP contribution is 2.27. The van der Waals surface area contributed by atoms with Crippen molar-refractivity contribution in [3.8, 4) is 5.75 Å². The van der Waals surface area contributed by atoms with Gasteiger partial charge in [-0.15, -0.1) is 0 Å². The second-order valence-corrected chi connectivity index (χ2v) is 6.00. The molecule has 2 rings (SSSR count). The number of carbonyl (C=O) groups is 1. The molecule has 0 saturated heterocycles. The number of halogens is 2. The van der Waals surface area contributed by atoms with Crippen molar-refractivity contribution in [3.05, 3.63) is 51.5 Å². The van der Waals surface area contributed by atoms with Crippen LogP contribution in [0.1, 0.15) is 5.56 Å². The average molecular weight is 384 g/mol. The highest BCUT2D eigenvalue weighted by atomic mass is 79.9. The van der Waals surface area contributed by atoms with Crippen molar-refractivity contribution in [1.29, 1.82) is 0 Å². The second kappa shape index (κ2) is 7.51. The van der Waals surface area contributed by atoms with E-state index >= 15 is 0 Å². The molecule has 0 aliphatic heterocycles. The topological polar surface area (TPSA) is 50.4 Å². The zero-order valence-corrected chi connectivity index (χ0v) is 14.6. The molecule has 0 fully saturated rings. The number of hydrogen-bond donors (Lipinski definition) is 2. The lowest BCUT2D eigenvalue weighted by molar-refractivity contribution is -0.114. The largest absolute Gasteiger partial charge is 0.495 e. The zero-order chi connectivity index (χ0) is 16.1. The summed E-state index contributed by atoms with van der Waals surface area (Å²) in [7, 11) is 1.54. The Balaban J connectivity index is 1.94. The molecular weight excluding hydrogens is 368 g/mol. The highest BCUT2D eigenvalue weighted by molar-refractivity contribution is 9.10. The molecule has 0 aromatic heterocycles. The molecule has 0 bridgehead atoms. The first-order chi connectivity index (χ1) is 10.5. The number of methoxy groups -OCH3 is 1. The van der Waals surface area contributed by atoms with Gasteiger partial charge in [-0.05, 0) is 58.7 Å². The van der Waals surface area contributed by atoms with Crippen molar-refractivity contribution >= 4 is 44.8 Å². The summed E-state index contributed by atoms with van der Waals surface area (Å²) in [5, 5.41) is 6.31. The van der Waals surface area contributed by atoms with Crippen LogP contribution in [0.4, 0.5) is 11.4 Å². The number of benzene rings is 2. The molecule has 0 saturated carbocycles. The maximum atomic E-state index is 12.0. The van der Waals surface area contributed by atoms with Crippen molar-refractivity contribution < 1.29 is 9.53 Å². The minimum atomic E-state index is -0.159. The molecule has 0 aliphatic rings. The van der Waals surface area contributed by atoms with Gasteiger partial charge in [-0.1, -0.05) is 17.7 Å². The Morgan fingerprint density at radius 2 is 2.05 bits per heavy atom. The minimum absolute atomic E-state index is 0.158. The van der Waals surface area contributed by atoms with E-state index < -0.39 is 0 Å². The van der Waals surface area contributed by atoms with Crippen molar-refractivity contribution in [2.24, 2.45) is 0 Å². The van der Waals surface area contributed by atoms with Crippen LogP contribution in [0.15, 0.2) is 40.9 Å². The highest BCUT2D eigenvalue weighted by Gasteiger charge is 2.07. The van der Waals surface area contributed by atoms with E-state index in [9.17, 15) is 4.79 Å². The van der Waals surface area contributed by atoms with Gasteiger partial charge in [0.2, 0.25) is 5.91 Å². The van der Waals surface area contributed by atoms with Crippen LogP contribution in [0.5, 0.6) is 5.75 Å². The molecule has 0 radical (unpaired) electrons. The third-order valence-electron chi connectivity index (χ3n) is 3.00. The van der Waals surface area contributed by atoms with Crippen molar-refractivity contribution in [2.45, 2.75) is 6.92 Å². The number of rotatable bonds is 5. The number of aryl methyl sites for hydroxylation is 1. The van der Waals surface area contributed by atoms with E-state index in [-0.39, 0.29) is 12.5 Å². The molecule has 2 aromatic carbocycles. The SMILES string of the molecule is COc1ccc(NC(=O)CNc2ccc(C)cc2Br)cc1Cl.